The number of nitrogens with zero attached hydrogens (tertiary/aromatic N) is 1. The van der Waals surface area contributed by atoms with Gasteiger partial charge in [0.1, 0.15) is 0 Å². The molecule has 1 saturated heterocycles. The average molecular weight is 353 g/mol. The summed E-state index contributed by atoms with van der Waals surface area (Å²) in [5, 5.41) is 3.09. The Morgan fingerprint density at radius 1 is 1.29 bits per heavy atom. The van der Waals surface area contributed by atoms with E-state index in [2.05, 4.69) is 19.2 Å². The van der Waals surface area contributed by atoms with E-state index < -0.39 is 10.0 Å². The molecular formula is C18H28N2O3S. The standard InChI is InChI=1S/C18H28N2O3S/c1-5-24(22,23)20-11-9-15(10-12-20)18(21)19-17-14(4)7-6-8-16(17)13(2)3/h6-8,13,15H,5,9-12H2,1-4H3,(H,19,21). The Morgan fingerprint density at radius 2 is 1.92 bits per heavy atom. The number of carbonyl (C=O) groups excluding carboxylic acids is 1. The molecule has 0 radical (unpaired) electrons. The Bertz CT molecular complexity index is 690. The second-order valence-corrected chi connectivity index (χ2v) is 9.01. The molecule has 1 aliphatic rings. The summed E-state index contributed by atoms with van der Waals surface area (Å²) in [6.07, 6.45) is 1.15. The molecule has 1 fully saturated rings. The Balaban J connectivity index is 2.05. The van der Waals surface area contributed by atoms with Crippen LogP contribution in [0.5, 0.6) is 0 Å². The maximum atomic E-state index is 12.6. The predicted molar refractivity (Wildman–Crippen MR) is 97.7 cm³/mol. The van der Waals surface area contributed by atoms with Crippen LogP contribution in [-0.4, -0.2) is 37.5 Å². The Hall–Kier alpha value is -1.40. The molecule has 2 rings (SSSR count). The molecule has 1 N–H and O–H groups in total. The number of carbonyl (C=O) groups is 1. The number of anilines is 1. The van der Waals surface area contributed by atoms with Crippen molar-refractivity contribution in [3.8, 4) is 0 Å². The highest BCUT2D eigenvalue weighted by Crippen LogP contribution is 2.29. The summed E-state index contributed by atoms with van der Waals surface area (Å²) in [5.41, 5.74) is 3.09. The van der Waals surface area contributed by atoms with Gasteiger partial charge in [0.2, 0.25) is 15.9 Å². The van der Waals surface area contributed by atoms with Gasteiger partial charge in [-0.25, -0.2) is 12.7 Å². The molecule has 1 aromatic rings. The molecule has 6 heteroatoms. The van der Waals surface area contributed by atoms with E-state index in [0.717, 1.165) is 16.8 Å². The average Bonchev–Trinajstić information content (AvgIpc) is 2.56. The van der Waals surface area contributed by atoms with E-state index >= 15 is 0 Å². The van der Waals surface area contributed by atoms with Crippen LogP contribution in [0.2, 0.25) is 0 Å². The molecule has 134 valence electrons. The molecule has 1 heterocycles. The molecule has 0 unspecified atom stereocenters. The zero-order chi connectivity index (χ0) is 17.9. The van der Waals surface area contributed by atoms with Gasteiger partial charge in [0.25, 0.3) is 0 Å². The number of amides is 1. The van der Waals surface area contributed by atoms with Gasteiger partial charge in [0.05, 0.1) is 5.75 Å². The summed E-state index contributed by atoms with van der Waals surface area (Å²) in [6.45, 7) is 8.73. The van der Waals surface area contributed by atoms with Gasteiger partial charge in [0, 0.05) is 24.7 Å². The summed E-state index contributed by atoms with van der Waals surface area (Å²) >= 11 is 0. The van der Waals surface area contributed by atoms with Gasteiger partial charge in [0.15, 0.2) is 0 Å². The fourth-order valence-corrected chi connectivity index (χ4v) is 4.28. The first-order valence-electron chi connectivity index (χ1n) is 8.64. The molecule has 0 bridgehead atoms. The van der Waals surface area contributed by atoms with E-state index in [1.165, 1.54) is 4.31 Å². The van der Waals surface area contributed by atoms with Crippen LogP contribution in [0.15, 0.2) is 18.2 Å². The fourth-order valence-electron chi connectivity index (χ4n) is 3.15. The van der Waals surface area contributed by atoms with Crippen LogP contribution >= 0.6 is 0 Å². The topological polar surface area (TPSA) is 66.5 Å². The third kappa shape index (κ3) is 4.16. The van der Waals surface area contributed by atoms with Gasteiger partial charge in [-0.2, -0.15) is 0 Å². The highest BCUT2D eigenvalue weighted by atomic mass is 32.2. The molecule has 0 aromatic heterocycles. The highest BCUT2D eigenvalue weighted by Gasteiger charge is 2.30. The molecule has 24 heavy (non-hydrogen) atoms. The van der Waals surface area contributed by atoms with Gasteiger partial charge in [-0.15, -0.1) is 0 Å². The van der Waals surface area contributed by atoms with Crippen molar-refractivity contribution < 1.29 is 13.2 Å². The summed E-state index contributed by atoms with van der Waals surface area (Å²) < 4.78 is 25.3. The smallest absolute Gasteiger partial charge is 0.227 e. The first kappa shape index (κ1) is 18.9. The number of sulfonamides is 1. The van der Waals surface area contributed by atoms with E-state index in [4.69, 9.17) is 0 Å². The van der Waals surface area contributed by atoms with Gasteiger partial charge < -0.3 is 5.32 Å². The van der Waals surface area contributed by atoms with E-state index in [-0.39, 0.29) is 17.6 Å². The summed E-state index contributed by atoms with van der Waals surface area (Å²) in [4.78, 5) is 12.6. The van der Waals surface area contributed by atoms with E-state index in [0.29, 0.717) is 31.8 Å². The summed E-state index contributed by atoms with van der Waals surface area (Å²) in [7, 11) is -3.15. The lowest BCUT2D eigenvalue weighted by molar-refractivity contribution is -0.120. The van der Waals surface area contributed by atoms with Crippen molar-refractivity contribution in [3.63, 3.8) is 0 Å². The van der Waals surface area contributed by atoms with Crippen LogP contribution in [0, 0.1) is 12.8 Å². The van der Waals surface area contributed by atoms with Crippen molar-refractivity contribution in [3.05, 3.63) is 29.3 Å². The summed E-state index contributed by atoms with van der Waals surface area (Å²) in [5.74, 6) is 0.314. The highest BCUT2D eigenvalue weighted by molar-refractivity contribution is 7.89. The lowest BCUT2D eigenvalue weighted by Crippen LogP contribution is -2.42. The number of piperidine rings is 1. The molecule has 1 amide bonds. The van der Waals surface area contributed by atoms with Crippen LogP contribution in [0.1, 0.15) is 50.7 Å². The third-order valence-electron chi connectivity index (χ3n) is 4.76. The number of hydrogen-bond donors (Lipinski definition) is 1. The van der Waals surface area contributed by atoms with Gasteiger partial charge >= 0.3 is 0 Å². The first-order valence-corrected chi connectivity index (χ1v) is 10.2. The molecule has 1 aliphatic heterocycles. The fraction of sp³-hybridized carbons (Fsp3) is 0.611. The number of hydrogen-bond acceptors (Lipinski definition) is 3. The number of aryl methyl sites for hydroxylation is 1. The SMILES string of the molecule is CCS(=O)(=O)N1CCC(C(=O)Nc2c(C)cccc2C(C)C)CC1. The third-order valence-corrected chi connectivity index (χ3v) is 6.64. The van der Waals surface area contributed by atoms with Crippen LogP contribution in [0.4, 0.5) is 5.69 Å². The molecule has 0 saturated carbocycles. The zero-order valence-corrected chi connectivity index (χ0v) is 15.8. The number of rotatable bonds is 5. The lowest BCUT2D eigenvalue weighted by Gasteiger charge is -2.30. The maximum Gasteiger partial charge on any atom is 0.227 e. The second-order valence-electron chi connectivity index (χ2n) is 6.76. The van der Waals surface area contributed by atoms with Gasteiger partial charge in [-0.3, -0.25) is 4.79 Å². The quantitative estimate of drug-likeness (QED) is 0.885. The lowest BCUT2D eigenvalue weighted by atomic mass is 9.95. The normalized spacial score (nSPS) is 17.2. The monoisotopic (exact) mass is 352 g/mol. The number of benzene rings is 1. The molecule has 0 spiro atoms. The minimum absolute atomic E-state index is 0.000235. The van der Waals surface area contributed by atoms with Crippen molar-refractivity contribution in [2.45, 2.75) is 46.5 Å². The largest absolute Gasteiger partial charge is 0.325 e. The van der Waals surface area contributed by atoms with E-state index in [1.54, 1.807) is 6.92 Å². The number of para-hydroxylation sites is 1. The van der Waals surface area contributed by atoms with Crippen molar-refractivity contribution >= 4 is 21.6 Å². The van der Waals surface area contributed by atoms with Crippen LogP contribution < -0.4 is 5.32 Å². The first-order chi connectivity index (χ1) is 11.3. The zero-order valence-electron chi connectivity index (χ0n) is 15.0. The van der Waals surface area contributed by atoms with E-state index in [9.17, 15) is 13.2 Å². The molecule has 5 nitrogen and oxygen atoms in total. The molecule has 0 atom stereocenters. The Morgan fingerprint density at radius 3 is 2.46 bits per heavy atom. The predicted octanol–water partition coefficient (Wildman–Crippen LogP) is 3.12. The van der Waals surface area contributed by atoms with Crippen molar-refractivity contribution in [2.24, 2.45) is 5.92 Å². The van der Waals surface area contributed by atoms with E-state index in [1.807, 2.05) is 25.1 Å². The van der Waals surface area contributed by atoms with Crippen LogP contribution in [-0.2, 0) is 14.8 Å². The minimum Gasteiger partial charge on any atom is -0.325 e. The Kier molecular flexibility index (Phi) is 6.04. The Labute approximate surface area is 145 Å². The maximum absolute atomic E-state index is 12.6. The minimum atomic E-state index is -3.15. The van der Waals surface area contributed by atoms with Crippen molar-refractivity contribution in [1.82, 2.24) is 4.31 Å². The molecular weight excluding hydrogens is 324 g/mol. The van der Waals surface area contributed by atoms with Gasteiger partial charge in [-0.1, -0.05) is 32.0 Å². The summed E-state index contributed by atoms with van der Waals surface area (Å²) in [6, 6.07) is 6.05. The van der Waals surface area contributed by atoms with Crippen molar-refractivity contribution in [1.29, 1.82) is 0 Å². The van der Waals surface area contributed by atoms with Crippen LogP contribution in [0.3, 0.4) is 0 Å². The van der Waals surface area contributed by atoms with Gasteiger partial charge in [-0.05, 0) is 43.7 Å². The number of nitrogens with one attached hydrogen (secondary N) is 1. The van der Waals surface area contributed by atoms with Crippen molar-refractivity contribution in [2.75, 3.05) is 24.2 Å². The molecule has 1 aromatic carbocycles. The molecule has 0 aliphatic carbocycles. The van der Waals surface area contributed by atoms with Crippen LogP contribution in [0.25, 0.3) is 0 Å². The second kappa shape index (κ2) is 7.66.